The van der Waals surface area contributed by atoms with Crippen LogP contribution in [-0.4, -0.2) is 40.3 Å². The van der Waals surface area contributed by atoms with Gasteiger partial charge in [-0.3, -0.25) is 0 Å². The first-order chi connectivity index (χ1) is 14.7. The van der Waals surface area contributed by atoms with E-state index in [1.165, 1.54) is 37.7 Å². The van der Waals surface area contributed by atoms with E-state index in [1.807, 2.05) is 18.5 Å². The van der Waals surface area contributed by atoms with Gasteiger partial charge in [-0.05, 0) is 43.6 Å². The van der Waals surface area contributed by atoms with Gasteiger partial charge in [0.15, 0.2) is 5.96 Å². The van der Waals surface area contributed by atoms with Crippen LogP contribution in [0.5, 0.6) is 0 Å². The molecule has 1 aliphatic carbocycles. The van der Waals surface area contributed by atoms with Crippen molar-refractivity contribution < 1.29 is 5.11 Å². The number of benzene rings is 1. The van der Waals surface area contributed by atoms with Gasteiger partial charge in [-0.1, -0.05) is 49.6 Å². The predicted octanol–water partition coefficient (Wildman–Crippen LogP) is 4.13. The first-order valence-corrected chi connectivity index (χ1v) is 11.4. The number of imidazole rings is 1. The lowest BCUT2D eigenvalue weighted by atomic mass is 9.72. The van der Waals surface area contributed by atoms with E-state index in [4.69, 9.17) is 4.99 Å². The molecule has 1 aliphatic rings. The van der Waals surface area contributed by atoms with E-state index in [-0.39, 0.29) is 36.0 Å². The van der Waals surface area contributed by atoms with Crippen molar-refractivity contribution in [2.75, 3.05) is 19.7 Å². The van der Waals surface area contributed by atoms with E-state index in [1.54, 1.807) is 0 Å². The number of hydrogen-bond donors (Lipinski definition) is 3. The van der Waals surface area contributed by atoms with Crippen molar-refractivity contribution in [2.45, 2.75) is 65.0 Å². The number of hydrogen-bond acceptors (Lipinski definition) is 3. The van der Waals surface area contributed by atoms with Gasteiger partial charge >= 0.3 is 0 Å². The third kappa shape index (κ3) is 8.11. The van der Waals surface area contributed by atoms with Crippen molar-refractivity contribution in [1.29, 1.82) is 0 Å². The number of aryl methyl sites for hydroxylation is 2. The minimum Gasteiger partial charge on any atom is -0.396 e. The maximum atomic E-state index is 9.56. The fourth-order valence-electron chi connectivity index (χ4n) is 4.41. The fraction of sp³-hybridized carbons (Fsp3) is 0.583. The summed E-state index contributed by atoms with van der Waals surface area (Å²) in [5, 5.41) is 16.5. The van der Waals surface area contributed by atoms with Crippen LogP contribution < -0.4 is 10.6 Å². The number of aromatic nitrogens is 2. The van der Waals surface area contributed by atoms with Crippen LogP contribution in [0.1, 0.15) is 56.8 Å². The predicted molar refractivity (Wildman–Crippen MR) is 138 cm³/mol. The topological polar surface area (TPSA) is 74.5 Å². The van der Waals surface area contributed by atoms with Crippen molar-refractivity contribution >= 4 is 29.9 Å². The van der Waals surface area contributed by atoms with Gasteiger partial charge in [0.25, 0.3) is 0 Å². The Hall–Kier alpha value is -1.61. The first-order valence-electron chi connectivity index (χ1n) is 11.4. The van der Waals surface area contributed by atoms with Gasteiger partial charge in [-0.25, -0.2) is 9.98 Å². The van der Waals surface area contributed by atoms with Gasteiger partial charge in [0.2, 0.25) is 0 Å². The van der Waals surface area contributed by atoms with E-state index in [0.29, 0.717) is 6.54 Å². The number of rotatable bonds is 10. The lowest BCUT2D eigenvalue weighted by Crippen LogP contribution is -2.45. The van der Waals surface area contributed by atoms with E-state index in [2.05, 4.69) is 51.4 Å². The van der Waals surface area contributed by atoms with Crippen LogP contribution in [0.15, 0.2) is 47.7 Å². The second-order valence-corrected chi connectivity index (χ2v) is 8.36. The maximum Gasteiger partial charge on any atom is 0.191 e. The summed E-state index contributed by atoms with van der Waals surface area (Å²) in [4.78, 5) is 9.32. The molecule has 0 bridgehead atoms. The monoisotopic (exact) mass is 539 g/mol. The van der Waals surface area contributed by atoms with E-state index >= 15 is 0 Å². The molecule has 1 fully saturated rings. The zero-order chi connectivity index (χ0) is 21.1. The summed E-state index contributed by atoms with van der Waals surface area (Å²) in [5.41, 5.74) is 1.52. The largest absolute Gasteiger partial charge is 0.396 e. The van der Waals surface area contributed by atoms with Crippen LogP contribution in [0.25, 0.3) is 0 Å². The second-order valence-electron chi connectivity index (χ2n) is 8.36. The summed E-state index contributed by atoms with van der Waals surface area (Å²) in [6, 6.07) is 10.5. The Morgan fingerprint density at radius 1 is 1.16 bits per heavy atom. The molecule has 3 N–H and O–H groups in total. The minimum atomic E-state index is 0. The van der Waals surface area contributed by atoms with Crippen LogP contribution >= 0.6 is 24.0 Å². The SMILES string of the molecule is CCNC(=NCc1nccn1CCc1ccccc1)NCC1(CCO)CCCCC1.I. The molecular weight excluding hydrogens is 501 g/mol. The molecule has 1 aromatic heterocycles. The van der Waals surface area contributed by atoms with E-state index < -0.39 is 0 Å². The number of guanidine groups is 1. The highest BCUT2D eigenvalue weighted by atomic mass is 127. The van der Waals surface area contributed by atoms with Crippen molar-refractivity contribution in [2.24, 2.45) is 10.4 Å². The first kappa shape index (κ1) is 25.6. The Kier molecular flexibility index (Phi) is 11.4. The van der Waals surface area contributed by atoms with Gasteiger partial charge in [0, 0.05) is 38.6 Å². The molecule has 7 heteroatoms. The highest BCUT2D eigenvalue weighted by molar-refractivity contribution is 14.0. The molecule has 31 heavy (non-hydrogen) atoms. The summed E-state index contributed by atoms with van der Waals surface area (Å²) < 4.78 is 2.19. The smallest absolute Gasteiger partial charge is 0.191 e. The Bertz CT molecular complexity index is 766. The Morgan fingerprint density at radius 3 is 2.65 bits per heavy atom. The van der Waals surface area contributed by atoms with Gasteiger partial charge in [0.05, 0.1) is 0 Å². The van der Waals surface area contributed by atoms with Crippen molar-refractivity contribution in [1.82, 2.24) is 20.2 Å². The van der Waals surface area contributed by atoms with E-state index in [0.717, 1.165) is 44.3 Å². The molecule has 6 nitrogen and oxygen atoms in total. The summed E-state index contributed by atoms with van der Waals surface area (Å²) in [6.07, 6.45) is 11.9. The molecule has 0 atom stereocenters. The summed E-state index contributed by atoms with van der Waals surface area (Å²) in [6.45, 7) is 5.47. The molecule has 0 saturated heterocycles. The maximum absolute atomic E-state index is 9.56. The average Bonchev–Trinajstić information content (AvgIpc) is 3.23. The van der Waals surface area contributed by atoms with Crippen LogP contribution in [-0.2, 0) is 19.5 Å². The molecule has 0 amide bonds. The molecule has 1 heterocycles. The van der Waals surface area contributed by atoms with Crippen LogP contribution in [0.2, 0.25) is 0 Å². The molecule has 172 valence electrons. The van der Waals surface area contributed by atoms with Gasteiger partial charge in [-0.2, -0.15) is 0 Å². The fourth-order valence-corrected chi connectivity index (χ4v) is 4.41. The summed E-state index contributed by atoms with van der Waals surface area (Å²) >= 11 is 0. The quantitative estimate of drug-likeness (QED) is 0.241. The minimum absolute atomic E-state index is 0. The zero-order valence-electron chi connectivity index (χ0n) is 18.7. The lowest BCUT2D eigenvalue weighted by molar-refractivity contribution is 0.131. The highest BCUT2D eigenvalue weighted by Gasteiger charge is 2.31. The van der Waals surface area contributed by atoms with Crippen molar-refractivity contribution in [3.8, 4) is 0 Å². The Labute approximate surface area is 204 Å². The second kappa shape index (κ2) is 13.7. The van der Waals surface area contributed by atoms with E-state index in [9.17, 15) is 5.11 Å². The molecule has 0 spiro atoms. The third-order valence-corrected chi connectivity index (χ3v) is 6.20. The number of nitrogens with zero attached hydrogens (tertiary/aromatic N) is 3. The molecule has 0 aliphatic heterocycles. The Morgan fingerprint density at radius 2 is 1.94 bits per heavy atom. The number of halogens is 1. The summed E-state index contributed by atoms with van der Waals surface area (Å²) in [5.74, 6) is 1.81. The van der Waals surface area contributed by atoms with Crippen molar-refractivity contribution in [3.05, 3.63) is 54.1 Å². The standard InChI is InChI=1S/C24H37N5O.HI/c1-2-25-23(28-20-24(14-18-30)12-7-4-8-13-24)27-19-22-26-15-17-29(22)16-11-21-9-5-3-6-10-21;/h3,5-6,9-10,15,17,30H,2,4,7-8,11-14,16,18-20H2,1H3,(H2,25,27,28);1H. The van der Waals surface area contributed by atoms with Gasteiger partial charge in [0.1, 0.15) is 12.4 Å². The van der Waals surface area contributed by atoms with Crippen LogP contribution in [0.4, 0.5) is 0 Å². The number of nitrogens with one attached hydrogen (secondary N) is 2. The molecule has 0 radical (unpaired) electrons. The summed E-state index contributed by atoms with van der Waals surface area (Å²) in [7, 11) is 0. The third-order valence-electron chi connectivity index (χ3n) is 6.20. The molecular formula is C24H38IN5O. The average molecular weight is 540 g/mol. The molecule has 3 rings (SSSR count). The van der Waals surface area contributed by atoms with Crippen LogP contribution in [0, 0.1) is 5.41 Å². The lowest BCUT2D eigenvalue weighted by Gasteiger charge is -2.37. The van der Waals surface area contributed by atoms with Crippen molar-refractivity contribution in [3.63, 3.8) is 0 Å². The van der Waals surface area contributed by atoms with Crippen LogP contribution in [0.3, 0.4) is 0 Å². The zero-order valence-corrected chi connectivity index (χ0v) is 21.1. The Balaban J connectivity index is 0.00000341. The highest BCUT2D eigenvalue weighted by Crippen LogP contribution is 2.38. The molecule has 1 saturated carbocycles. The molecule has 2 aromatic rings. The normalized spacial score (nSPS) is 15.9. The number of aliphatic hydroxyl groups is 1. The molecule has 1 aromatic carbocycles. The van der Waals surface area contributed by atoms with Gasteiger partial charge < -0.3 is 20.3 Å². The number of aliphatic imine (C=N–C) groups is 1. The molecule has 0 unspecified atom stereocenters. The van der Waals surface area contributed by atoms with Gasteiger partial charge in [-0.15, -0.1) is 24.0 Å². The number of aliphatic hydroxyl groups excluding tert-OH is 1.